The maximum Gasteiger partial charge on any atom is 0.269 e. The highest BCUT2D eigenvalue weighted by molar-refractivity contribution is 9.11. The third kappa shape index (κ3) is 3.96. The van der Waals surface area contributed by atoms with E-state index in [2.05, 4.69) is 37.2 Å². The third-order valence-electron chi connectivity index (χ3n) is 2.88. The van der Waals surface area contributed by atoms with Crippen LogP contribution in [0.5, 0.6) is 0 Å². The second-order valence-electron chi connectivity index (χ2n) is 4.49. The van der Waals surface area contributed by atoms with Gasteiger partial charge in [0.1, 0.15) is 0 Å². The van der Waals surface area contributed by atoms with Crippen LogP contribution in [0, 0.1) is 17.0 Å². The van der Waals surface area contributed by atoms with Crippen molar-refractivity contribution in [2.75, 3.05) is 5.32 Å². The van der Waals surface area contributed by atoms with Crippen molar-refractivity contribution in [1.82, 2.24) is 0 Å². The van der Waals surface area contributed by atoms with Crippen LogP contribution < -0.4 is 5.32 Å². The minimum Gasteiger partial charge on any atom is -0.379 e. The van der Waals surface area contributed by atoms with Crippen LogP contribution in [0.4, 0.5) is 11.4 Å². The Morgan fingerprint density at radius 3 is 2.43 bits per heavy atom. The molecule has 0 amide bonds. The van der Waals surface area contributed by atoms with E-state index in [1.807, 2.05) is 19.1 Å². The van der Waals surface area contributed by atoms with Gasteiger partial charge in [-0.2, -0.15) is 0 Å². The minimum atomic E-state index is -0.433. The molecule has 2 rings (SSSR count). The summed E-state index contributed by atoms with van der Waals surface area (Å²) >= 11 is 13.1. The number of nitrogens with zero attached hydrogens (tertiary/aromatic N) is 1. The first-order valence-electron chi connectivity index (χ1n) is 6.01. The van der Waals surface area contributed by atoms with Crippen molar-refractivity contribution in [3.05, 3.63) is 65.5 Å². The highest BCUT2D eigenvalue weighted by atomic mass is 79.9. The fourth-order valence-corrected chi connectivity index (χ4v) is 3.74. The van der Waals surface area contributed by atoms with E-state index in [1.165, 1.54) is 18.2 Å². The summed E-state index contributed by atoms with van der Waals surface area (Å²) in [5, 5.41) is 14.5. The molecule has 0 spiro atoms. The SMILES string of the molecule is Cc1cc(Br)c(NCc2cc([N+](=O)[O-])ccc2Cl)c(Br)c1. The van der Waals surface area contributed by atoms with Crippen LogP contribution in [-0.4, -0.2) is 4.92 Å². The lowest BCUT2D eigenvalue weighted by Gasteiger charge is -2.12. The summed E-state index contributed by atoms with van der Waals surface area (Å²) in [5.74, 6) is 0. The number of halogens is 3. The van der Waals surface area contributed by atoms with Crippen LogP contribution in [-0.2, 0) is 6.54 Å². The second-order valence-corrected chi connectivity index (χ2v) is 6.61. The number of non-ortho nitro benzene ring substituents is 1. The smallest absolute Gasteiger partial charge is 0.269 e. The predicted octanol–water partition coefficient (Wildman–Crippen LogP) is 5.69. The molecule has 21 heavy (non-hydrogen) atoms. The molecule has 2 aromatic carbocycles. The Morgan fingerprint density at radius 1 is 1.24 bits per heavy atom. The van der Waals surface area contributed by atoms with Crippen molar-refractivity contribution < 1.29 is 4.92 Å². The van der Waals surface area contributed by atoms with E-state index in [9.17, 15) is 10.1 Å². The van der Waals surface area contributed by atoms with Crippen molar-refractivity contribution in [2.24, 2.45) is 0 Å². The van der Waals surface area contributed by atoms with Crippen molar-refractivity contribution in [1.29, 1.82) is 0 Å². The number of nitro benzene ring substituents is 1. The number of benzene rings is 2. The van der Waals surface area contributed by atoms with Gasteiger partial charge in [-0.25, -0.2) is 0 Å². The highest BCUT2D eigenvalue weighted by Gasteiger charge is 2.11. The molecule has 4 nitrogen and oxygen atoms in total. The van der Waals surface area contributed by atoms with Gasteiger partial charge >= 0.3 is 0 Å². The van der Waals surface area contributed by atoms with Gasteiger partial charge in [0.15, 0.2) is 0 Å². The molecule has 0 aliphatic carbocycles. The molecule has 0 heterocycles. The molecule has 2 aromatic rings. The maximum atomic E-state index is 10.8. The first-order valence-corrected chi connectivity index (χ1v) is 7.97. The molecule has 0 saturated carbocycles. The van der Waals surface area contributed by atoms with E-state index in [4.69, 9.17) is 11.6 Å². The van der Waals surface area contributed by atoms with Crippen LogP contribution >= 0.6 is 43.5 Å². The Labute approximate surface area is 143 Å². The van der Waals surface area contributed by atoms with Crippen molar-refractivity contribution in [3.8, 4) is 0 Å². The number of nitrogens with one attached hydrogen (secondary N) is 1. The summed E-state index contributed by atoms with van der Waals surface area (Å²) in [6.07, 6.45) is 0. The zero-order valence-electron chi connectivity index (χ0n) is 11.0. The molecule has 1 N–H and O–H groups in total. The lowest BCUT2D eigenvalue weighted by Crippen LogP contribution is -2.02. The summed E-state index contributed by atoms with van der Waals surface area (Å²) in [6, 6.07) is 8.38. The summed E-state index contributed by atoms with van der Waals surface area (Å²) in [6.45, 7) is 2.39. The van der Waals surface area contributed by atoms with Gasteiger partial charge in [-0.15, -0.1) is 0 Å². The molecule has 0 fully saturated rings. The summed E-state index contributed by atoms with van der Waals surface area (Å²) in [7, 11) is 0. The zero-order valence-corrected chi connectivity index (χ0v) is 14.9. The van der Waals surface area contributed by atoms with Gasteiger partial charge in [-0.05, 0) is 68.1 Å². The topological polar surface area (TPSA) is 55.2 Å². The van der Waals surface area contributed by atoms with Gasteiger partial charge in [0.05, 0.1) is 10.6 Å². The quantitative estimate of drug-likeness (QED) is 0.497. The fraction of sp³-hybridized carbons (Fsp3) is 0.143. The van der Waals surface area contributed by atoms with Gasteiger partial charge in [0.2, 0.25) is 0 Å². The molecule has 110 valence electrons. The van der Waals surface area contributed by atoms with E-state index >= 15 is 0 Å². The van der Waals surface area contributed by atoms with Crippen LogP contribution in [0.3, 0.4) is 0 Å². The molecule has 7 heteroatoms. The lowest BCUT2D eigenvalue weighted by atomic mass is 10.2. The highest BCUT2D eigenvalue weighted by Crippen LogP contribution is 2.33. The van der Waals surface area contributed by atoms with E-state index in [-0.39, 0.29) is 5.69 Å². The molecule has 0 bridgehead atoms. The molecular formula is C14H11Br2ClN2O2. The monoisotopic (exact) mass is 432 g/mol. The van der Waals surface area contributed by atoms with E-state index in [0.717, 1.165) is 20.2 Å². The van der Waals surface area contributed by atoms with Crippen molar-refractivity contribution in [3.63, 3.8) is 0 Å². The predicted molar refractivity (Wildman–Crippen MR) is 92.0 cm³/mol. The summed E-state index contributed by atoms with van der Waals surface area (Å²) in [5.41, 5.74) is 2.69. The first-order chi connectivity index (χ1) is 9.88. The molecular weight excluding hydrogens is 423 g/mol. The van der Waals surface area contributed by atoms with Crippen molar-refractivity contribution >= 4 is 54.8 Å². The number of nitro groups is 1. The van der Waals surface area contributed by atoms with E-state index in [0.29, 0.717) is 17.1 Å². The van der Waals surface area contributed by atoms with Crippen LogP contribution in [0.15, 0.2) is 39.3 Å². The molecule has 0 aliphatic heterocycles. The van der Waals surface area contributed by atoms with E-state index < -0.39 is 4.92 Å². The lowest BCUT2D eigenvalue weighted by molar-refractivity contribution is -0.384. The summed E-state index contributed by atoms with van der Waals surface area (Å²) in [4.78, 5) is 10.4. The van der Waals surface area contributed by atoms with Gasteiger partial charge in [0.25, 0.3) is 5.69 Å². The second kappa shape index (κ2) is 6.77. The molecule has 0 aromatic heterocycles. The van der Waals surface area contributed by atoms with Gasteiger partial charge < -0.3 is 5.32 Å². The standard InChI is InChI=1S/C14H11Br2ClN2O2/c1-8-4-11(15)14(12(16)5-8)18-7-9-6-10(19(20)21)2-3-13(9)17/h2-6,18H,7H2,1H3. The molecule has 0 radical (unpaired) electrons. The van der Waals surface area contributed by atoms with Crippen molar-refractivity contribution in [2.45, 2.75) is 13.5 Å². The Kier molecular flexibility index (Phi) is 5.24. The zero-order chi connectivity index (χ0) is 15.6. The van der Waals surface area contributed by atoms with Crippen LogP contribution in [0.1, 0.15) is 11.1 Å². The third-order valence-corrected chi connectivity index (χ3v) is 4.50. The Bertz CT molecular complexity index is 684. The molecule has 0 aliphatic rings. The molecule has 0 saturated heterocycles. The Hall–Kier alpha value is -1.11. The number of hydrogen-bond acceptors (Lipinski definition) is 3. The van der Waals surface area contributed by atoms with Gasteiger partial charge in [-0.3, -0.25) is 10.1 Å². The number of rotatable bonds is 4. The Balaban J connectivity index is 2.24. The first kappa shape index (κ1) is 16.3. The molecule has 0 unspecified atom stereocenters. The maximum absolute atomic E-state index is 10.8. The minimum absolute atomic E-state index is 0.0261. The van der Waals surface area contributed by atoms with Crippen LogP contribution in [0.2, 0.25) is 5.02 Å². The number of anilines is 1. The Morgan fingerprint density at radius 2 is 1.86 bits per heavy atom. The van der Waals surface area contributed by atoms with Gasteiger partial charge in [0, 0.05) is 32.6 Å². The average molecular weight is 435 g/mol. The number of aryl methyl sites for hydroxylation is 1. The molecule has 0 atom stereocenters. The largest absolute Gasteiger partial charge is 0.379 e. The average Bonchev–Trinajstić information content (AvgIpc) is 2.39. The van der Waals surface area contributed by atoms with E-state index in [1.54, 1.807) is 0 Å². The normalized spacial score (nSPS) is 10.5. The fourth-order valence-electron chi connectivity index (χ4n) is 1.86. The number of hydrogen-bond donors (Lipinski definition) is 1. The van der Waals surface area contributed by atoms with Crippen LogP contribution in [0.25, 0.3) is 0 Å². The van der Waals surface area contributed by atoms with Gasteiger partial charge in [-0.1, -0.05) is 11.6 Å². The summed E-state index contributed by atoms with van der Waals surface area (Å²) < 4.78 is 1.83.